The summed E-state index contributed by atoms with van der Waals surface area (Å²) in [5, 5.41) is 14.6. The molecule has 0 bridgehead atoms. The second kappa shape index (κ2) is 14.6. The van der Waals surface area contributed by atoms with Gasteiger partial charge in [0.15, 0.2) is 11.5 Å². The first-order valence-corrected chi connectivity index (χ1v) is 19.6. The average Bonchev–Trinajstić information content (AvgIpc) is 3.87. The molecule has 3 N–H and O–H groups in total. The van der Waals surface area contributed by atoms with Crippen LogP contribution in [-0.2, 0) is 16.6 Å². The third-order valence-corrected chi connectivity index (χ3v) is 11.8. The Kier molecular flexibility index (Phi) is 9.31. The van der Waals surface area contributed by atoms with Crippen LogP contribution < -0.4 is 25.8 Å². The second-order valence-electron chi connectivity index (χ2n) is 15.5. The number of imide groups is 2. The van der Waals surface area contributed by atoms with Crippen LogP contribution in [0, 0.1) is 19.8 Å². The van der Waals surface area contributed by atoms with Crippen LogP contribution in [-0.4, -0.2) is 105 Å². The molecule has 2 atom stereocenters. The lowest BCUT2D eigenvalue weighted by atomic mass is 10.0. The van der Waals surface area contributed by atoms with Crippen LogP contribution in [0.2, 0.25) is 0 Å². The van der Waals surface area contributed by atoms with Crippen LogP contribution in [0.5, 0.6) is 0 Å². The predicted octanol–water partition coefficient (Wildman–Crippen LogP) is 4.52. The predicted molar refractivity (Wildman–Crippen MR) is 217 cm³/mol. The van der Waals surface area contributed by atoms with E-state index < -0.39 is 23.8 Å². The van der Waals surface area contributed by atoms with Gasteiger partial charge in [-0.15, -0.1) is 0 Å². The lowest BCUT2D eigenvalue weighted by Gasteiger charge is -2.37. The van der Waals surface area contributed by atoms with Gasteiger partial charge in [-0.05, 0) is 86.2 Å². The number of carbonyl (C=O) groups excluding carboxylic acids is 4. The summed E-state index contributed by atoms with van der Waals surface area (Å²) in [5.74, 6) is -0.219. The number of aryl methyl sites for hydroxylation is 3. The molecular weight excluding hydrogens is 723 g/mol. The smallest absolute Gasteiger partial charge is 0.262 e. The maximum Gasteiger partial charge on any atom is 0.262 e. The largest absolute Gasteiger partial charge is 0.371 e. The number of piperazine rings is 1. The van der Waals surface area contributed by atoms with Crippen LogP contribution >= 0.6 is 0 Å². The first-order chi connectivity index (χ1) is 27.6. The van der Waals surface area contributed by atoms with Crippen LogP contribution in [0.4, 0.5) is 34.5 Å². The molecule has 2 unspecified atom stereocenters. The molecule has 4 aliphatic heterocycles. The molecule has 3 fully saturated rings. The van der Waals surface area contributed by atoms with Gasteiger partial charge in [-0.2, -0.15) is 10.1 Å². The Balaban J connectivity index is 0.766. The van der Waals surface area contributed by atoms with E-state index in [-0.39, 0.29) is 18.7 Å². The Labute approximate surface area is 330 Å². The molecule has 57 heavy (non-hydrogen) atoms. The van der Waals surface area contributed by atoms with E-state index in [9.17, 15) is 19.2 Å². The Morgan fingerprint density at radius 1 is 0.807 bits per heavy atom. The highest BCUT2D eigenvalue weighted by Crippen LogP contribution is 2.34. The first kappa shape index (κ1) is 36.3. The van der Waals surface area contributed by atoms with Gasteiger partial charge in [0.25, 0.3) is 11.8 Å². The number of piperidine rings is 1. The normalized spacial score (nSPS) is 20.1. The van der Waals surface area contributed by atoms with E-state index in [0.717, 1.165) is 102 Å². The highest BCUT2D eigenvalue weighted by Gasteiger charge is 2.45. The van der Waals surface area contributed by atoms with Crippen LogP contribution in [0.1, 0.15) is 51.1 Å². The summed E-state index contributed by atoms with van der Waals surface area (Å²) in [5.41, 5.74) is 7.69. The molecule has 0 saturated carbocycles. The van der Waals surface area contributed by atoms with Crippen molar-refractivity contribution in [2.24, 2.45) is 13.0 Å². The van der Waals surface area contributed by atoms with Crippen LogP contribution in [0.15, 0.2) is 66.9 Å². The van der Waals surface area contributed by atoms with Gasteiger partial charge in [0.2, 0.25) is 17.8 Å². The van der Waals surface area contributed by atoms with E-state index in [1.165, 1.54) is 5.69 Å². The van der Waals surface area contributed by atoms with Gasteiger partial charge in [-0.1, -0.05) is 18.2 Å². The number of nitrogens with one attached hydrogen (secondary N) is 3. The molecule has 4 amide bonds. The minimum absolute atomic E-state index is 0.0990. The Hall–Kier alpha value is -6.35. The average molecular weight is 768 g/mol. The third kappa shape index (κ3) is 6.92. The van der Waals surface area contributed by atoms with E-state index in [4.69, 9.17) is 4.98 Å². The summed E-state index contributed by atoms with van der Waals surface area (Å²) in [7, 11) is 1.89. The number of amides is 4. The van der Waals surface area contributed by atoms with Crippen molar-refractivity contribution in [2.45, 2.75) is 39.2 Å². The van der Waals surface area contributed by atoms with Gasteiger partial charge in [0, 0.05) is 88.2 Å². The molecule has 292 valence electrons. The summed E-state index contributed by atoms with van der Waals surface area (Å²) in [6.07, 6.45) is 3.10. The lowest BCUT2D eigenvalue weighted by molar-refractivity contribution is -0.136. The summed E-state index contributed by atoms with van der Waals surface area (Å²) >= 11 is 0. The van der Waals surface area contributed by atoms with E-state index in [2.05, 4.69) is 91.0 Å². The van der Waals surface area contributed by atoms with Crippen molar-refractivity contribution in [2.75, 3.05) is 66.2 Å². The highest BCUT2D eigenvalue weighted by molar-refractivity contribution is 6.23. The van der Waals surface area contributed by atoms with Gasteiger partial charge >= 0.3 is 0 Å². The van der Waals surface area contributed by atoms with Crippen LogP contribution in [0.25, 0.3) is 11.0 Å². The molecule has 3 aromatic carbocycles. The molecule has 5 aromatic rings. The van der Waals surface area contributed by atoms with Crippen LogP contribution in [0.3, 0.4) is 0 Å². The highest BCUT2D eigenvalue weighted by atomic mass is 16.2. The number of hydrogen-bond acceptors (Lipinski definition) is 12. The third-order valence-electron chi connectivity index (χ3n) is 11.8. The van der Waals surface area contributed by atoms with Gasteiger partial charge in [0.1, 0.15) is 6.04 Å². The van der Waals surface area contributed by atoms with Crippen molar-refractivity contribution in [1.82, 2.24) is 34.9 Å². The lowest BCUT2D eigenvalue weighted by Crippen LogP contribution is -2.54. The molecule has 0 radical (unpaired) electrons. The molecule has 9 rings (SSSR count). The second-order valence-corrected chi connectivity index (χ2v) is 15.5. The topological polar surface area (TPSA) is 161 Å². The monoisotopic (exact) mass is 767 g/mol. The first-order valence-electron chi connectivity index (χ1n) is 19.6. The van der Waals surface area contributed by atoms with Gasteiger partial charge in [-0.3, -0.25) is 34.3 Å². The Morgan fingerprint density at radius 3 is 2.30 bits per heavy atom. The minimum atomic E-state index is -0.965. The van der Waals surface area contributed by atoms with Crippen molar-refractivity contribution in [3.8, 4) is 0 Å². The number of rotatable bonds is 9. The zero-order valence-corrected chi connectivity index (χ0v) is 32.3. The molecule has 6 heterocycles. The summed E-state index contributed by atoms with van der Waals surface area (Å²) in [4.78, 5) is 68.2. The zero-order valence-electron chi connectivity index (χ0n) is 32.3. The quantitative estimate of drug-likeness (QED) is 0.180. The molecule has 15 nitrogen and oxygen atoms in total. The molecule has 4 aliphatic rings. The minimum Gasteiger partial charge on any atom is -0.371 e. The molecule has 0 aliphatic carbocycles. The van der Waals surface area contributed by atoms with Gasteiger partial charge in [-0.25, -0.2) is 9.67 Å². The molecule has 15 heteroatoms. The van der Waals surface area contributed by atoms with Crippen molar-refractivity contribution in [1.29, 1.82) is 0 Å². The van der Waals surface area contributed by atoms with E-state index in [1.807, 2.05) is 25.4 Å². The number of hydrogen-bond donors (Lipinski definition) is 3. The summed E-state index contributed by atoms with van der Waals surface area (Å²) in [6.45, 7) is 10.7. The number of para-hydroxylation sites is 1. The maximum absolute atomic E-state index is 13.4. The number of benzene rings is 3. The van der Waals surface area contributed by atoms with Crippen molar-refractivity contribution in [3.05, 3.63) is 89.1 Å². The fourth-order valence-corrected chi connectivity index (χ4v) is 8.63. The molecule has 0 spiro atoms. The van der Waals surface area contributed by atoms with E-state index in [1.54, 1.807) is 16.8 Å². The van der Waals surface area contributed by atoms with E-state index in [0.29, 0.717) is 23.0 Å². The Bertz CT molecular complexity index is 2400. The fourth-order valence-electron chi connectivity index (χ4n) is 8.63. The zero-order chi connectivity index (χ0) is 39.4. The number of anilines is 6. The summed E-state index contributed by atoms with van der Waals surface area (Å²) < 4.78 is 1.77. The molecule has 2 aromatic heterocycles. The van der Waals surface area contributed by atoms with E-state index >= 15 is 0 Å². The number of fused-ring (bicyclic) bond motifs is 2. The van der Waals surface area contributed by atoms with Gasteiger partial charge < -0.3 is 20.4 Å². The standard InChI is InChI=1S/C42H45N11O4/c1-25-5-4-6-26(2)36(25)46-37-33-22-43-42(47-38(33)49(3)48-37)44-28-7-9-29(10-8-28)51-19-17-50(18-20-51)23-27-15-16-52(24-27)30-11-12-31-32(21-30)41(57)53(40(31)56)34-13-14-35(54)45-39(34)55/h4-12,21-22,27,34H,13-20,23-24H2,1-3H3,(H,46,48)(H,43,44,47)(H,45,54,55). The molecular formula is C42H45N11O4. The van der Waals surface area contributed by atoms with Crippen molar-refractivity contribution >= 4 is 69.2 Å². The number of carbonyl (C=O) groups is 4. The number of nitrogens with zero attached hydrogens (tertiary/aromatic N) is 8. The summed E-state index contributed by atoms with van der Waals surface area (Å²) in [6, 6.07) is 19.0. The fraction of sp³-hybridized carbons (Fsp3) is 0.357. The maximum atomic E-state index is 13.4. The SMILES string of the molecule is Cc1cccc(C)c1Nc1nn(C)c2nc(Nc3ccc(N4CCN(CC5CCN(c6ccc7c(c6)C(=O)N(C6CCC(=O)NC6=O)C7=O)C5)CC4)cc3)ncc12. The Morgan fingerprint density at radius 2 is 1.54 bits per heavy atom. The molecule has 3 saturated heterocycles. The van der Waals surface area contributed by atoms with Crippen molar-refractivity contribution in [3.63, 3.8) is 0 Å². The van der Waals surface area contributed by atoms with Crippen molar-refractivity contribution < 1.29 is 19.2 Å². The number of aromatic nitrogens is 4. The van der Waals surface area contributed by atoms with Gasteiger partial charge in [0.05, 0.1) is 16.5 Å².